The Morgan fingerprint density at radius 2 is 1.86 bits per heavy atom. The van der Waals surface area contributed by atoms with Crippen molar-refractivity contribution in [1.82, 2.24) is 19.9 Å². The SMILES string of the molecule is Cc1cc(-c2nc(-c3ccccc3)no2)nn1Cc1cccc(C(F)(F)CO)c1. The third kappa shape index (κ3) is 3.93. The number of hydrogen-bond acceptors (Lipinski definition) is 5. The van der Waals surface area contributed by atoms with Gasteiger partial charge < -0.3 is 9.63 Å². The summed E-state index contributed by atoms with van der Waals surface area (Å²) in [5.41, 5.74) is 2.57. The summed E-state index contributed by atoms with van der Waals surface area (Å²) in [6.45, 7) is 0.917. The summed E-state index contributed by atoms with van der Waals surface area (Å²) in [7, 11) is 0. The summed E-state index contributed by atoms with van der Waals surface area (Å²) >= 11 is 0. The van der Waals surface area contributed by atoms with Gasteiger partial charge in [0.1, 0.15) is 6.61 Å². The van der Waals surface area contributed by atoms with Crippen LogP contribution in [0.2, 0.25) is 0 Å². The molecule has 0 aliphatic rings. The number of alkyl halides is 2. The van der Waals surface area contributed by atoms with E-state index in [-0.39, 0.29) is 11.5 Å². The Labute approximate surface area is 165 Å². The van der Waals surface area contributed by atoms with Gasteiger partial charge in [0, 0.05) is 16.8 Å². The number of benzene rings is 2. The molecule has 0 saturated carbocycles. The fourth-order valence-electron chi connectivity index (χ4n) is 2.97. The lowest BCUT2D eigenvalue weighted by atomic mass is 10.1. The minimum absolute atomic E-state index is 0.230. The monoisotopic (exact) mass is 396 g/mol. The maximum Gasteiger partial charge on any atom is 0.295 e. The first-order valence-electron chi connectivity index (χ1n) is 8.98. The molecule has 29 heavy (non-hydrogen) atoms. The van der Waals surface area contributed by atoms with Crippen LogP contribution in [-0.4, -0.2) is 31.6 Å². The molecular formula is C21H18F2N4O2. The molecule has 8 heteroatoms. The quantitative estimate of drug-likeness (QED) is 0.532. The second-order valence-electron chi connectivity index (χ2n) is 6.68. The van der Waals surface area contributed by atoms with E-state index in [0.717, 1.165) is 11.3 Å². The first kappa shape index (κ1) is 18.9. The molecule has 0 spiro atoms. The average molecular weight is 396 g/mol. The highest BCUT2D eigenvalue weighted by Crippen LogP contribution is 2.28. The van der Waals surface area contributed by atoms with Gasteiger partial charge in [0.15, 0.2) is 5.69 Å². The lowest BCUT2D eigenvalue weighted by Crippen LogP contribution is -2.18. The van der Waals surface area contributed by atoms with Gasteiger partial charge in [0.05, 0.1) is 6.54 Å². The Morgan fingerprint density at radius 3 is 2.62 bits per heavy atom. The lowest BCUT2D eigenvalue weighted by Gasteiger charge is -2.14. The molecule has 0 aliphatic carbocycles. The van der Waals surface area contributed by atoms with Crippen molar-refractivity contribution < 1.29 is 18.4 Å². The molecule has 0 amide bonds. The van der Waals surface area contributed by atoms with Gasteiger partial charge in [-0.15, -0.1) is 0 Å². The van der Waals surface area contributed by atoms with E-state index < -0.39 is 12.5 Å². The molecule has 0 fully saturated rings. The van der Waals surface area contributed by atoms with Crippen molar-refractivity contribution in [3.05, 3.63) is 77.5 Å². The normalized spacial score (nSPS) is 11.7. The highest BCUT2D eigenvalue weighted by molar-refractivity contribution is 5.57. The minimum Gasteiger partial charge on any atom is -0.390 e. The van der Waals surface area contributed by atoms with Crippen molar-refractivity contribution in [2.24, 2.45) is 0 Å². The Hall–Kier alpha value is -3.39. The highest BCUT2D eigenvalue weighted by atomic mass is 19.3. The van der Waals surface area contributed by atoms with E-state index >= 15 is 0 Å². The van der Waals surface area contributed by atoms with Gasteiger partial charge in [-0.25, -0.2) is 0 Å². The molecule has 0 radical (unpaired) electrons. The van der Waals surface area contributed by atoms with Crippen molar-refractivity contribution in [3.8, 4) is 23.0 Å². The van der Waals surface area contributed by atoms with Crippen LogP contribution < -0.4 is 0 Å². The largest absolute Gasteiger partial charge is 0.390 e. The minimum atomic E-state index is -3.28. The van der Waals surface area contributed by atoms with Crippen molar-refractivity contribution in [2.75, 3.05) is 6.61 Å². The third-order valence-electron chi connectivity index (χ3n) is 4.54. The van der Waals surface area contributed by atoms with E-state index in [1.807, 2.05) is 37.3 Å². The molecule has 4 rings (SSSR count). The molecule has 2 heterocycles. The topological polar surface area (TPSA) is 77.0 Å². The van der Waals surface area contributed by atoms with Crippen molar-refractivity contribution >= 4 is 0 Å². The molecule has 0 unspecified atom stereocenters. The zero-order valence-electron chi connectivity index (χ0n) is 15.6. The lowest BCUT2D eigenvalue weighted by molar-refractivity contribution is -0.0556. The second kappa shape index (κ2) is 7.56. The predicted molar refractivity (Wildman–Crippen MR) is 102 cm³/mol. The van der Waals surface area contributed by atoms with E-state index in [1.54, 1.807) is 16.8 Å². The van der Waals surface area contributed by atoms with E-state index in [4.69, 9.17) is 9.63 Å². The summed E-state index contributed by atoms with van der Waals surface area (Å²) in [5, 5.41) is 17.4. The smallest absolute Gasteiger partial charge is 0.295 e. The van der Waals surface area contributed by atoms with Crippen LogP contribution in [0.25, 0.3) is 23.0 Å². The number of aromatic nitrogens is 4. The van der Waals surface area contributed by atoms with E-state index in [1.165, 1.54) is 18.2 Å². The van der Waals surface area contributed by atoms with Gasteiger partial charge in [0.2, 0.25) is 5.82 Å². The fourth-order valence-corrected chi connectivity index (χ4v) is 2.97. The summed E-state index contributed by atoms with van der Waals surface area (Å²) < 4.78 is 34.5. The maximum atomic E-state index is 13.8. The van der Waals surface area contributed by atoms with Gasteiger partial charge in [-0.2, -0.15) is 18.9 Å². The number of aryl methyl sites for hydroxylation is 1. The Morgan fingerprint density at radius 1 is 1.07 bits per heavy atom. The molecule has 148 valence electrons. The molecule has 2 aromatic carbocycles. The molecule has 0 atom stereocenters. The third-order valence-corrected chi connectivity index (χ3v) is 4.54. The first-order valence-corrected chi connectivity index (χ1v) is 8.98. The zero-order chi connectivity index (χ0) is 20.4. The van der Waals surface area contributed by atoms with Crippen LogP contribution in [0.15, 0.2) is 65.2 Å². The van der Waals surface area contributed by atoms with Crippen LogP contribution in [0.1, 0.15) is 16.8 Å². The van der Waals surface area contributed by atoms with Crippen LogP contribution in [0.4, 0.5) is 8.78 Å². The number of aliphatic hydroxyl groups excluding tert-OH is 1. The van der Waals surface area contributed by atoms with Crippen molar-refractivity contribution in [3.63, 3.8) is 0 Å². The molecule has 6 nitrogen and oxygen atoms in total. The van der Waals surface area contributed by atoms with Crippen molar-refractivity contribution in [1.29, 1.82) is 0 Å². The van der Waals surface area contributed by atoms with Gasteiger partial charge in [-0.1, -0.05) is 53.7 Å². The Kier molecular flexibility index (Phi) is 4.94. The Bertz CT molecular complexity index is 1120. The first-order chi connectivity index (χ1) is 14.0. The number of aliphatic hydroxyl groups is 1. The summed E-state index contributed by atoms with van der Waals surface area (Å²) in [6, 6.07) is 17.2. The molecule has 0 aliphatic heterocycles. The maximum absolute atomic E-state index is 13.8. The van der Waals surface area contributed by atoms with Crippen LogP contribution in [0.3, 0.4) is 0 Å². The van der Waals surface area contributed by atoms with Crippen LogP contribution in [0.5, 0.6) is 0 Å². The number of halogens is 2. The van der Waals surface area contributed by atoms with Crippen LogP contribution in [0, 0.1) is 6.92 Å². The van der Waals surface area contributed by atoms with Gasteiger partial charge in [0.25, 0.3) is 11.8 Å². The fraction of sp³-hybridized carbons (Fsp3) is 0.190. The summed E-state index contributed by atoms with van der Waals surface area (Å²) in [6.07, 6.45) is 0. The van der Waals surface area contributed by atoms with E-state index in [2.05, 4.69) is 15.2 Å². The van der Waals surface area contributed by atoms with Gasteiger partial charge in [-0.3, -0.25) is 4.68 Å². The molecule has 0 saturated heterocycles. The number of hydrogen-bond donors (Lipinski definition) is 1. The van der Waals surface area contributed by atoms with Crippen LogP contribution >= 0.6 is 0 Å². The summed E-state index contributed by atoms with van der Waals surface area (Å²) in [4.78, 5) is 4.39. The molecular weight excluding hydrogens is 378 g/mol. The predicted octanol–water partition coefficient (Wildman–Crippen LogP) is 4.04. The molecule has 1 N–H and O–H groups in total. The standard InChI is InChI=1S/C21H18F2N4O2/c1-14-10-18(20-24-19(26-29-20)16-7-3-2-4-8-16)25-27(14)12-15-6-5-9-17(11-15)21(22,23)13-28/h2-11,28H,12-13H2,1H3. The zero-order valence-corrected chi connectivity index (χ0v) is 15.6. The van der Waals surface area contributed by atoms with Crippen molar-refractivity contribution in [2.45, 2.75) is 19.4 Å². The van der Waals surface area contributed by atoms with Gasteiger partial charge >= 0.3 is 0 Å². The second-order valence-corrected chi connectivity index (χ2v) is 6.68. The van der Waals surface area contributed by atoms with E-state index in [9.17, 15) is 8.78 Å². The van der Waals surface area contributed by atoms with Gasteiger partial charge in [-0.05, 0) is 24.6 Å². The highest BCUT2D eigenvalue weighted by Gasteiger charge is 2.30. The Balaban J connectivity index is 1.58. The summed E-state index contributed by atoms with van der Waals surface area (Å²) in [5.74, 6) is -2.53. The number of rotatable bonds is 6. The molecule has 2 aromatic heterocycles. The molecule has 4 aromatic rings. The van der Waals surface area contributed by atoms with E-state index in [0.29, 0.717) is 23.6 Å². The number of nitrogens with zero attached hydrogens (tertiary/aromatic N) is 4. The average Bonchev–Trinajstić information content (AvgIpc) is 3.36. The van der Waals surface area contributed by atoms with Crippen LogP contribution in [-0.2, 0) is 12.5 Å². The molecule has 0 bridgehead atoms.